The molecule has 0 amide bonds. The maximum absolute atomic E-state index is 14.1. The van der Waals surface area contributed by atoms with Crippen molar-refractivity contribution in [3.8, 4) is 17.2 Å². The van der Waals surface area contributed by atoms with Crippen LogP contribution in [0.4, 0.5) is 4.39 Å². The normalized spacial score (nSPS) is 15.2. The highest BCUT2D eigenvalue weighted by Crippen LogP contribution is 2.37. The predicted octanol–water partition coefficient (Wildman–Crippen LogP) is 5.21. The van der Waals surface area contributed by atoms with Crippen molar-refractivity contribution in [2.24, 2.45) is 0 Å². The lowest BCUT2D eigenvalue weighted by Crippen LogP contribution is -2.24. The molecule has 1 atom stereocenters. The molecule has 5 rings (SSSR count). The number of rotatable bonds is 5. The van der Waals surface area contributed by atoms with E-state index in [4.69, 9.17) is 9.47 Å². The number of hydrogen-bond donors (Lipinski definition) is 0. The maximum Gasteiger partial charge on any atom is 0.196 e. The summed E-state index contributed by atoms with van der Waals surface area (Å²) in [5.41, 5.74) is 1.54. The zero-order valence-electron chi connectivity index (χ0n) is 15.9. The van der Waals surface area contributed by atoms with Gasteiger partial charge in [-0.05, 0) is 35.9 Å². The Morgan fingerprint density at radius 3 is 2.47 bits per heavy atom. The minimum absolute atomic E-state index is 0.225. The summed E-state index contributed by atoms with van der Waals surface area (Å²) in [5, 5.41) is 9.47. The summed E-state index contributed by atoms with van der Waals surface area (Å²) in [4.78, 5) is 0. The number of aromatic nitrogens is 3. The molecule has 0 spiro atoms. The minimum Gasteiger partial charge on any atom is -0.485 e. The lowest BCUT2D eigenvalue weighted by atomic mass is 10.2. The Morgan fingerprint density at radius 2 is 1.63 bits per heavy atom. The number of thioether (sulfide) groups is 1. The zero-order chi connectivity index (χ0) is 20.3. The number of ether oxygens (including phenoxy) is 2. The van der Waals surface area contributed by atoms with Gasteiger partial charge in [0, 0.05) is 11.4 Å². The Morgan fingerprint density at radius 1 is 0.900 bits per heavy atom. The first-order valence-electron chi connectivity index (χ1n) is 9.55. The molecule has 2 heterocycles. The fraction of sp³-hybridized carbons (Fsp3) is 0.130. The Hall–Kier alpha value is -3.32. The molecule has 4 aromatic rings. The summed E-state index contributed by atoms with van der Waals surface area (Å²) in [6, 6.07) is 24.2. The standard InChI is InChI=1S/C23H18FN3O2S/c24-18-11-5-4-8-16(18)15-30-23-26-25-22(27(23)17-9-2-1-3-10-17)21-14-28-19-12-6-7-13-20(19)29-21/h1-13,21H,14-15H2. The van der Waals surface area contributed by atoms with Crippen LogP contribution in [0.15, 0.2) is 84.0 Å². The molecule has 0 fully saturated rings. The molecular formula is C23H18FN3O2S. The molecule has 150 valence electrons. The average Bonchev–Trinajstić information content (AvgIpc) is 3.23. The van der Waals surface area contributed by atoms with Crippen molar-refractivity contribution in [2.75, 3.05) is 6.61 Å². The summed E-state index contributed by atoms with van der Waals surface area (Å²) in [7, 11) is 0. The summed E-state index contributed by atoms with van der Waals surface area (Å²) < 4.78 is 28.0. The third kappa shape index (κ3) is 3.64. The highest BCUT2D eigenvalue weighted by molar-refractivity contribution is 7.98. The summed E-state index contributed by atoms with van der Waals surface area (Å²) in [6.07, 6.45) is -0.407. The van der Waals surface area contributed by atoms with Crippen molar-refractivity contribution in [3.63, 3.8) is 0 Å². The maximum atomic E-state index is 14.1. The number of halogens is 1. The van der Waals surface area contributed by atoms with Gasteiger partial charge in [0.1, 0.15) is 12.4 Å². The summed E-state index contributed by atoms with van der Waals surface area (Å²) in [5.74, 6) is 2.26. The number of para-hydroxylation sites is 3. The van der Waals surface area contributed by atoms with Gasteiger partial charge in [0.2, 0.25) is 0 Å². The van der Waals surface area contributed by atoms with E-state index in [1.54, 1.807) is 12.1 Å². The Balaban J connectivity index is 1.49. The number of benzene rings is 3. The lowest BCUT2D eigenvalue weighted by Gasteiger charge is -2.26. The van der Waals surface area contributed by atoms with E-state index in [9.17, 15) is 4.39 Å². The van der Waals surface area contributed by atoms with E-state index in [2.05, 4.69) is 10.2 Å². The van der Waals surface area contributed by atoms with Crippen LogP contribution in [0, 0.1) is 5.82 Å². The van der Waals surface area contributed by atoms with Crippen molar-refractivity contribution in [1.29, 1.82) is 0 Å². The van der Waals surface area contributed by atoms with E-state index in [-0.39, 0.29) is 5.82 Å². The first-order chi connectivity index (χ1) is 14.8. The first-order valence-corrected chi connectivity index (χ1v) is 10.5. The molecule has 1 unspecified atom stereocenters. The molecule has 0 bridgehead atoms. The Labute approximate surface area is 177 Å². The molecule has 0 saturated heterocycles. The summed E-state index contributed by atoms with van der Waals surface area (Å²) >= 11 is 1.43. The number of fused-ring (bicyclic) bond motifs is 1. The van der Waals surface area contributed by atoms with Crippen LogP contribution in [0.1, 0.15) is 17.5 Å². The molecular weight excluding hydrogens is 401 g/mol. The molecule has 7 heteroatoms. The summed E-state index contributed by atoms with van der Waals surface area (Å²) in [6.45, 7) is 0.333. The van der Waals surface area contributed by atoms with Crippen LogP contribution in [-0.2, 0) is 5.75 Å². The molecule has 1 aliphatic rings. The van der Waals surface area contributed by atoms with Crippen molar-refractivity contribution >= 4 is 11.8 Å². The van der Waals surface area contributed by atoms with Crippen LogP contribution < -0.4 is 9.47 Å². The van der Waals surface area contributed by atoms with Gasteiger partial charge in [-0.3, -0.25) is 4.57 Å². The van der Waals surface area contributed by atoms with E-state index >= 15 is 0 Å². The van der Waals surface area contributed by atoms with Gasteiger partial charge in [-0.15, -0.1) is 10.2 Å². The fourth-order valence-corrected chi connectivity index (χ4v) is 4.25. The lowest BCUT2D eigenvalue weighted by molar-refractivity contribution is 0.0835. The van der Waals surface area contributed by atoms with Gasteiger partial charge >= 0.3 is 0 Å². The van der Waals surface area contributed by atoms with Crippen LogP contribution in [0.3, 0.4) is 0 Å². The first kappa shape index (κ1) is 18.7. The second kappa shape index (κ2) is 8.20. The highest BCUT2D eigenvalue weighted by atomic mass is 32.2. The van der Waals surface area contributed by atoms with Gasteiger partial charge in [-0.25, -0.2) is 4.39 Å². The quantitative estimate of drug-likeness (QED) is 0.416. The third-order valence-electron chi connectivity index (χ3n) is 4.78. The molecule has 1 aromatic heterocycles. The molecule has 0 radical (unpaired) electrons. The van der Waals surface area contributed by atoms with Gasteiger partial charge in [0.25, 0.3) is 0 Å². The van der Waals surface area contributed by atoms with Crippen molar-refractivity contribution in [2.45, 2.75) is 17.0 Å². The fourth-order valence-electron chi connectivity index (χ4n) is 3.31. The largest absolute Gasteiger partial charge is 0.485 e. The molecule has 0 N–H and O–H groups in total. The van der Waals surface area contributed by atoms with Gasteiger partial charge in [-0.2, -0.15) is 0 Å². The Kier molecular flexibility index (Phi) is 5.11. The van der Waals surface area contributed by atoms with E-state index in [1.807, 2.05) is 65.2 Å². The van der Waals surface area contributed by atoms with E-state index in [0.29, 0.717) is 40.4 Å². The van der Waals surface area contributed by atoms with Gasteiger partial charge in [0.05, 0.1) is 0 Å². The number of hydrogen-bond acceptors (Lipinski definition) is 5. The van der Waals surface area contributed by atoms with Gasteiger partial charge in [-0.1, -0.05) is 60.3 Å². The van der Waals surface area contributed by atoms with E-state index < -0.39 is 6.10 Å². The smallest absolute Gasteiger partial charge is 0.196 e. The molecule has 0 aliphatic carbocycles. The molecule has 3 aromatic carbocycles. The van der Waals surface area contributed by atoms with Crippen molar-refractivity contribution in [1.82, 2.24) is 14.8 Å². The SMILES string of the molecule is Fc1ccccc1CSc1nnc(C2COc3ccccc3O2)n1-c1ccccc1. The number of nitrogens with zero attached hydrogens (tertiary/aromatic N) is 3. The van der Waals surface area contributed by atoms with Crippen LogP contribution in [0.25, 0.3) is 5.69 Å². The zero-order valence-corrected chi connectivity index (χ0v) is 16.8. The topological polar surface area (TPSA) is 49.2 Å². The van der Waals surface area contributed by atoms with Crippen LogP contribution in [0.5, 0.6) is 11.5 Å². The van der Waals surface area contributed by atoms with Gasteiger partial charge < -0.3 is 9.47 Å². The Bertz CT molecular complexity index is 1170. The monoisotopic (exact) mass is 419 g/mol. The average molecular weight is 419 g/mol. The van der Waals surface area contributed by atoms with Crippen LogP contribution >= 0.6 is 11.8 Å². The molecule has 1 aliphatic heterocycles. The van der Waals surface area contributed by atoms with Crippen LogP contribution in [0.2, 0.25) is 0 Å². The molecule has 30 heavy (non-hydrogen) atoms. The van der Waals surface area contributed by atoms with E-state index in [0.717, 1.165) is 5.69 Å². The molecule has 5 nitrogen and oxygen atoms in total. The van der Waals surface area contributed by atoms with Gasteiger partial charge in [0.15, 0.2) is 28.6 Å². The van der Waals surface area contributed by atoms with Crippen molar-refractivity contribution < 1.29 is 13.9 Å². The second-order valence-corrected chi connectivity index (χ2v) is 7.70. The highest BCUT2D eigenvalue weighted by Gasteiger charge is 2.29. The molecule has 0 saturated carbocycles. The second-order valence-electron chi connectivity index (χ2n) is 6.76. The van der Waals surface area contributed by atoms with Crippen LogP contribution in [-0.4, -0.2) is 21.4 Å². The third-order valence-corrected chi connectivity index (χ3v) is 5.76. The minimum atomic E-state index is -0.407. The predicted molar refractivity (Wildman–Crippen MR) is 113 cm³/mol. The van der Waals surface area contributed by atoms with E-state index in [1.165, 1.54) is 17.8 Å². The van der Waals surface area contributed by atoms with Crippen molar-refractivity contribution in [3.05, 3.63) is 96.1 Å².